The largest absolute Gasteiger partial charge is 0.336 e. The van der Waals surface area contributed by atoms with Crippen molar-refractivity contribution in [2.75, 3.05) is 6.54 Å². The van der Waals surface area contributed by atoms with E-state index in [1.54, 1.807) is 6.08 Å². The molecule has 1 unspecified atom stereocenters. The third-order valence-electron chi connectivity index (χ3n) is 4.28. The van der Waals surface area contributed by atoms with Gasteiger partial charge in [-0.25, -0.2) is 0 Å². The van der Waals surface area contributed by atoms with Gasteiger partial charge in [-0.15, -0.1) is 0 Å². The lowest BCUT2D eigenvalue weighted by Gasteiger charge is -2.32. The number of piperidine rings is 1. The van der Waals surface area contributed by atoms with Crippen LogP contribution in [0.3, 0.4) is 0 Å². The van der Waals surface area contributed by atoms with E-state index in [0.29, 0.717) is 6.04 Å². The van der Waals surface area contributed by atoms with Crippen molar-refractivity contribution >= 4 is 12.0 Å². The normalized spacial score (nSPS) is 20.0. The maximum absolute atomic E-state index is 12.2. The summed E-state index contributed by atoms with van der Waals surface area (Å²) in [6, 6.07) is 8.84. The lowest BCUT2D eigenvalue weighted by atomic mass is 9.87. The van der Waals surface area contributed by atoms with Gasteiger partial charge in [0.05, 0.1) is 0 Å². The fourth-order valence-corrected chi connectivity index (χ4v) is 2.78. The Hall–Kier alpha value is -1.57. The molecule has 0 aromatic heterocycles. The molecule has 1 aromatic carbocycles. The second-order valence-corrected chi connectivity index (χ2v) is 7.08. The van der Waals surface area contributed by atoms with E-state index < -0.39 is 0 Å². The van der Waals surface area contributed by atoms with Gasteiger partial charge in [-0.2, -0.15) is 0 Å². The molecule has 0 spiro atoms. The Morgan fingerprint density at radius 2 is 1.86 bits per heavy atom. The van der Waals surface area contributed by atoms with Crippen LogP contribution in [0.5, 0.6) is 0 Å². The summed E-state index contributed by atoms with van der Waals surface area (Å²) >= 11 is 0. The Morgan fingerprint density at radius 1 is 1.19 bits per heavy atom. The van der Waals surface area contributed by atoms with Crippen LogP contribution in [-0.2, 0) is 10.2 Å². The van der Waals surface area contributed by atoms with Crippen LogP contribution in [0, 0.1) is 0 Å². The zero-order valence-corrected chi connectivity index (χ0v) is 13.7. The van der Waals surface area contributed by atoms with Crippen LogP contribution >= 0.6 is 0 Å². The molecular formula is C19H27NO. The number of nitrogens with zero attached hydrogens (tertiary/aromatic N) is 1. The minimum absolute atomic E-state index is 0.141. The van der Waals surface area contributed by atoms with Crippen molar-refractivity contribution in [3.63, 3.8) is 0 Å². The summed E-state index contributed by atoms with van der Waals surface area (Å²) in [4.78, 5) is 14.2. The highest BCUT2D eigenvalue weighted by Crippen LogP contribution is 2.22. The molecule has 1 atom stereocenters. The van der Waals surface area contributed by atoms with Crippen molar-refractivity contribution in [2.24, 2.45) is 0 Å². The van der Waals surface area contributed by atoms with Gasteiger partial charge in [-0.1, -0.05) is 45.0 Å². The number of benzene rings is 1. The standard InChI is InChI=1S/C19H27NO/c1-15-7-5-6-14-20(15)18(21)13-10-16-8-11-17(12-9-16)19(2,3)4/h8-13,15H,5-7,14H2,1-4H3/b13-10+. The summed E-state index contributed by atoms with van der Waals surface area (Å²) in [7, 11) is 0. The van der Waals surface area contributed by atoms with E-state index in [-0.39, 0.29) is 11.3 Å². The second-order valence-electron chi connectivity index (χ2n) is 7.08. The van der Waals surface area contributed by atoms with Gasteiger partial charge < -0.3 is 4.90 Å². The summed E-state index contributed by atoms with van der Waals surface area (Å²) in [5, 5.41) is 0. The molecule has 2 heteroatoms. The first-order chi connectivity index (χ1) is 9.88. The molecule has 1 saturated heterocycles. The topological polar surface area (TPSA) is 20.3 Å². The van der Waals surface area contributed by atoms with E-state index in [1.807, 2.05) is 11.0 Å². The van der Waals surface area contributed by atoms with E-state index in [1.165, 1.54) is 12.0 Å². The second kappa shape index (κ2) is 6.46. The average molecular weight is 285 g/mol. The fourth-order valence-electron chi connectivity index (χ4n) is 2.78. The van der Waals surface area contributed by atoms with E-state index in [0.717, 1.165) is 24.9 Å². The quantitative estimate of drug-likeness (QED) is 0.738. The monoisotopic (exact) mass is 285 g/mol. The summed E-state index contributed by atoms with van der Waals surface area (Å²) in [5.74, 6) is 0.141. The van der Waals surface area contributed by atoms with Crippen LogP contribution in [0.25, 0.3) is 6.08 Å². The minimum Gasteiger partial charge on any atom is -0.336 e. The number of hydrogen-bond acceptors (Lipinski definition) is 1. The smallest absolute Gasteiger partial charge is 0.246 e. The molecule has 1 aliphatic rings. The number of carbonyl (C=O) groups excluding carboxylic acids is 1. The van der Waals surface area contributed by atoms with E-state index in [2.05, 4.69) is 52.0 Å². The number of amides is 1. The molecule has 0 radical (unpaired) electrons. The molecule has 1 heterocycles. The first kappa shape index (κ1) is 15.8. The number of hydrogen-bond donors (Lipinski definition) is 0. The maximum Gasteiger partial charge on any atom is 0.246 e. The molecule has 21 heavy (non-hydrogen) atoms. The van der Waals surface area contributed by atoms with E-state index in [9.17, 15) is 4.79 Å². The van der Waals surface area contributed by atoms with Crippen molar-refractivity contribution in [1.29, 1.82) is 0 Å². The van der Waals surface area contributed by atoms with Crippen molar-refractivity contribution in [3.05, 3.63) is 41.5 Å². The van der Waals surface area contributed by atoms with Crippen molar-refractivity contribution in [2.45, 2.75) is 58.4 Å². The van der Waals surface area contributed by atoms with Crippen LogP contribution in [0.1, 0.15) is 58.1 Å². The minimum atomic E-state index is 0.141. The molecule has 1 aliphatic heterocycles. The molecule has 0 aliphatic carbocycles. The van der Waals surface area contributed by atoms with Crippen LogP contribution in [0.2, 0.25) is 0 Å². The molecule has 0 bridgehead atoms. The summed E-state index contributed by atoms with van der Waals surface area (Å²) < 4.78 is 0. The number of carbonyl (C=O) groups is 1. The molecule has 1 fully saturated rings. The van der Waals surface area contributed by atoms with Crippen LogP contribution in [-0.4, -0.2) is 23.4 Å². The SMILES string of the molecule is CC1CCCCN1C(=O)/C=C/c1ccc(C(C)(C)C)cc1. The van der Waals surface area contributed by atoms with Gasteiger partial charge in [0, 0.05) is 18.7 Å². The van der Waals surface area contributed by atoms with Gasteiger partial charge in [-0.05, 0) is 48.8 Å². The summed E-state index contributed by atoms with van der Waals surface area (Å²) in [5.41, 5.74) is 2.57. The predicted molar refractivity (Wildman–Crippen MR) is 89.2 cm³/mol. The molecule has 2 rings (SSSR count). The van der Waals surface area contributed by atoms with Crippen LogP contribution in [0.15, 0.2) is 30.3 Å². The molecule has 0 N–H and O–H groups in total. The Bertz CT molecular complexity index is 507. The van der Waals surface area contributed by atoms with Gasteiger partial charge in [0.1, 0.15) is 0 Å². The molecule has 1 aromatic rings. The Labute approximate surface area is 128 Å². The van der Waals surface area contributed by atoms with Gasteiger partial charge >= 0.3 is 0 Å². The third kappa shape index (κ3) is 4.20. The molecule has 2 nitrogen and oxygen atoms in total. The number of likely N-dealkylation sites (tertiary alicyclic amines) is 1. The average Bonchev–Trinajstić information content (AvgIpc) is 2.45. The highest BCUT2D eigenvalue weighted by atomic mass is 16.2. The lowest BCUT2D eigenvalue weighted by Crippen LogP contribution is -2.41. The number of rotatable bonds is 2. The molecular weight excluding hydrogens is 258 g/mol. The first-order valence-corrected chi connectivity index (χ1v) is 7.97. The Morgan fingerprint density at radius 3 is 2.43 bits per heavy atom. The first-order valence-electron chi connectivity index (χ1n) is 7.97. The fraction of sp³-hybridized carbons (Fsp3) is 0.526. The Balaban J connectivity index is 2.02. The van der Waals surface area contributed by atoms with Crippen LogP contribution in [0.4, 0.5) is 0 Å². The maximum atomic E-state index is 12.2. The lowest BCUT2D eigenvalue weighted by molar-refractivity contribution is -0.129. The van der Waals surface area contributed by atoms with Crippen molar-refractivity contribution in [1.82, 2.24) is 4.90 Å². The summed E-state index contributed by atoms with van der Waals surface area (Å²) in [6.45, 7) is 9.66. The van der Waals surface area contributed by atoms with Crippen molar-refractivity contribution in [3.8, 4) is 0 Å². The van der Waals surface area contributed by atoms with Gasteiger partial charge in [0.25, 0.3) is 0 Å². The predicted octanol–water partition coefficient (Wildman–Crippen LogP) is 4.40. The summed E-state index contributed by atoms with van der Waals surface area (Å²) in [6.07, 6.45) is 7.14. The molecule has 114 valence electrons. The highest BCUT2D eigenvalue weighted by molar-refractivity contribution is 5.92. The van der Waals surface area contributed by atoms with E-state index >= 15 is 0 Å². The van der Waals surface area contributed by atoms with Gasteiger partial charge in [-0.3, -0.25) is 4.79 Å². The molecule has 0 saturated carbocycles. The highest BCUT2D eigenvalue weighted by Gasteiger charge is 2.21. The molecule has 1 amide bonds. The zero-order chi connectivity index (χ0) is 15.5. The van der Waals surface area contributed by atoms with Crippen molar-refractivity contribution < 1.29 is 4.79 Å². The van der Waals surface area contributed by atoms with E-state index in [4.69, 9.17) is 0 Å². The van der Waals surface area contributed by atoms with Gasteiger partial charge in [0.15, 0.2) is 0 Å². The Kier molecular flexibility index (Phi) is 4.87. The third-order valence-corrected chi connectivity index (χ3v) is 4.28. The zero-order valence-electron chi connectivity index (χ0n) is 13.7. The van der Waals surface area contributed by atoms with Gasteiger partial charge in [0.2, 0.25) is 5.91 Å². The van der Waals surface area contributed by atoms with Crippen LogP contribution < -0.4 is 0 Å².